The van der Waals surface area contributed by atoms with Gasteiger partial charge in [-0.05, 0) is 42.5 Å². The van der Waals surface area contributed by atoms with Gasteiger partial charge in [-0.3, -0.25) is 19.3 Å². The molecule has 1 aliphatic heterocycles. The van der Waals surface area contributed by atoms with Gasteiger partial charge in [-0.25, -0.2) is 0 Å². The van der Waals surface area contributed by atoms with Crippen LogP contribution in [0.1, 0.15) is 24.3 Å². The Morgan fingerprint density at radius 1 is 1.10 bits per heavy atom. The Bertz CT molecular complexity index is 1200. The lowest BCUT2D eigenvalue weighted by atomic mass is 9.99. The minimum atomic E-state index is -0.966. The van der Waals surface area contributed by atoms with Crippen LogP contribution in [0.4, 0.5) is 11.4 Å². The van der Waals surface area contributed by atoms with Crippen molar-refractivity contribution in [2.75, 3.05) is 10.2 Å². The van der Waals surface area contributed by atoms with E-state index in [0.717, 1.165) is 4.47 Å². The first-order chi connectivity index (χ1) is 14.9. The number of ketones is 1. The van der Waals surface area contributed by atoms with Gasteiger partial charge >= 0.3 is 0 Å². The van der Waals surface area contributed by atoms with E-state index in [9.17, 15) is 19.5 Å². The highest BCUT2D eigenvalue weighted by molar-refractivity contribution is 9.10. The third-order valence-corrected chi connectivity index (χ3v) is 5.35. The molecule has 1 aromatic heterocycles. The third-order valence-electron chi connectivity index (χ3n) is 4.82. The maximum absolute atomic E-state index is 13.0. The number of carbonyl (C=O) groups is 3. The number of amides is 2. The summed E-state index contributed by atoms with van der Waals surface area (Å²) in [5, 5.41) is 13.6. The van der Waals surface area contributed by atoms with Crippen molar-refractivity contribution in [3.63, 3.8) is 0 Å². The van der Waals surface area contributed by atoms with Crippen molar-refractivity contribution in [1.82, 2.24) is 0 Å². The number of aliphatic hydroxyl groups excluding tert-OH is 1. The van der Waals surface area contributed by atoms with Crippen LogP contribution >= 0.6 is 15.9 Å². The number of nitrogens with one attached hydrogen (secondary N) is 1. The zero-order valence-electron chi connectivity index (χ0n) is 16.3. The molecule has 8 heteroatoms. The highest BCUT2D eigenvalue weighted by Crippen LogP contribution is 2.42. The number of Topliss-reactive ketones (excluding diaryl/α,β-unsaturated/α-hetero) is 1. The number of aliphatic hydroxyl groups is 1. The van der Waals surface area contributed by atoms with Gasteiger partial charge in [0.05, 0.1) is 11.8 Å². The van der Waals surface area contributed by atoms with Crippen LogP contribution in [0.5, 0.6) is 0 Å². The standard InChI is InChI=1S/C23H17BrN2O5/c1-13(27)25-16-4-2-5-17(12-16)26-20(18-6-3-11-31-18)19(22(29)23(26)30)21(28)14-7-9-15(24)10-8-14/h2-12,20,28H,1H3,(H,25,27)/b21-19-. The Kier molecular flexibility index (Phi) is 5.48. The summed E-state index contributed by atoms with van der Waals surface area (Å²) in [7, 11) is 0. The van der Waals surface area contributed by atoms with Crippen molar-refractivity contribution in [3.05, 3.63) is 88.3 Å². The molecule has 1 aliphatic rings. The molecule has 0 radical (unpaired) electrons. The second-order valence-corrected chi connectivity index (χ2v) is 7.84. The Hall–Kier alpha value is -3.65. The molecule has 1 fully saturated rings. The molecule has 1 saturated heterocycles. The number of anilines is 2. The van der Waals surface area contributed by atoms with Crippen LogP contribution in [0.2, 0.25) is 0 Å². The number of hydrogen-bond donors (Lipinski definition) is 2. The van der Waals surface area contributed by atoms with Crippen LogP contribution in [0.3, 0.4) is 0 Å². The van der Waals surface area contributed by atoms with E-state index in [1.807, 2.05) is 0 Å². The van der Waals surface area contributed by atoms with Crippen LogP contribution < -0.4 is 10.2 Å². The van der Waals surface area contributed by atoms with Gasteiger partial charge in [0.2, 0.25) is 5.91 Å². The summed E-state index contributed by atoms with van der Waals surface area (Å²) in [5.41, 5.74) is 1.17. The second kappa shape index (κ2) is 8.23. The zero-order chi connectivity index (χ0) is 22.1. The Balaban J connectivity index is 1.88. The van der Waals surface area contributed by atoms with Gasteiger partial charge in [-0.15, -0.1) is 0 Å². The van der Waals surface area contributed by atoms with E-state index in [2.05, 4.69) is 21.2 Å². The number of halogens is 1. The fourth-order valence-corrected chi connectivity index (χ4v) is 3.78. The summed E-state index contributed by atoms with van der Waals surface area (Å²) < 4.78 is 6.33. The smallest absolute Gasteiger partial charge is 0.300 e. The van der Waals surface area contributed by atoms with E-state index in [-0.39, 0.29) is 17.2 Å². The quantitative estimate of drug-likeness (QED) is 0.322. The number of furan rings is 1. The Morgan fingerprint density at radius 2 is 1.84 bits per heavy atom. The van der Waals surface area contributed by atoms with Crippen molar-refractivity contribution < 1.29 is 23.9 Å². The molecule has 0 aliphatic carbocycles. The SMILES string of the molecule is CC(=O)Nc1cccc(N2C(=O)C(=O)/C(=C(\O)c3ccc(Br)cc3)C2c2ccco2)c1. The molecule has 0 bridgehead atoms. The molecule has 3 aromatic rings. The van der Waals surface area contributed by atoms with E-state index in [4.69, 9.17) is 4.42 Å². The molecule has 1 atom stereocenters. The summed E-state index contributed by atoms with van der Waals surface area (Å²) in [6.07, 6.45) is 1.43. The van der Waals surface area contributed by atoms with Crippen molar-refractivity contribution in [1.29, 1.82) is 0 Å². The molecule has 2 amide bonds. The van der Waals surface area contributed by atoms with Crippen LogP contribution in [0.25, 0.3) is 5.76 Å². The van der Waals surface area contributed by atoms with E-state index in [0.29, 0.717) is 22.7 Å². The van der Waals surface area contributed by atoms with Crippen LogP contribution in [-0.2, 0) is 14.4 Å². The van der Waals surface area contributed by atoms with Crippen molar-refractivity contribution in [2.24, 2.45) is 0 Å². The predicted octanol–water partition coefficient (Wildman–Crippen LogP) is 4.63. The first-order valence-electron chi connectivity index (χ1n) is 9.35. The van der Waals surface area contributed by atoms with Crippen molar-refractivity contribution in [2.45, 2.75) is 13.0 Å². The molecule has 156 valence electrons. The molecular weight excluding hydrogens is 464 g/mol. The van der Waals surface area contributed by atoms with Gasteiger partial charge in [0.25, 0.3) is 11.7 Å². The van der Waals surface area contributed by atoms with Crippen LogP contribution in [-0.4, -0.2) is 22.7 Å². The minimum Gasteiger partial charge on any atom is -0.507 e. The van der Waals surface area contributed by atoms with Crippen molar-refractivity contribution in [3.8, 4) is 0 Å². The van der Waals surface area contributed by atoms with Gasteiger partial charge in [-0.1, -0.05) is 34.1 Å². The molecule has 0 saturated carbocycles. The lowest BCUT2D eigenvalue weighted by Gasteiger charge is -2.24. The lowest BCUT2D eigenvalue weighted by Crippen LogP contribution is -2.29. The molecule has 4 rings (SSSR count). The number of benzene rings is 2. The number of hydrogen-bond acceptors (Lipinski definition) is 5. The van der Waals surface area contributed by atoms with Gasteiger partial charge in [-0.2, -0.15) is 0 Å². The van der Waals surface area contributed by atoms with Gasteiger partial charge in [0, 0.05) is 28.3 Å². The maximum atomic E-state index is 13.0. The fourth-order valence-electron chi connectivity index (χ4n) is 3.51. The molecule has 1 unspecified atom stereocenters. The van der Waals surface area contributed by atoms with E-state index in [1.54, 1.807) is 60.7 Å². The van der Waals surface area contributed by atoms with Gasteiger partial charge in [0.1, 0.15) is 17.6 Å². The lowest BCUT2D eigenvalue weighted by molar-refractivity contribution is -0.132. The molecule has 2 N–H and O–H groups in total. The monoisotopic (exact) mass is 480 g/mol. The maximum Gasteiger partial charge on any atom is 0.300 e. The summed E-state index contributed by atoms with van der Waals surface area (Å²) in [6.45, 7) is 1.37. The van der Waals surface area contributed by atoms with Gasteiger partial charge < -0.3 is 14.8 Å². The average Bonchev–Trinajstić information content (AvgIpc) is 3.35. The topological polar surface area (TPSA) is 99.9 Å². The van der Waals surface area contributed by atoms with Crippen LogP contribution in [0, 0.1) is 0 Å². The summed E-state index contributed by atoms with van der Waals surface area (Å²) in [5.74, 6) is -1.88. The van der Waals surface area contributed by atoms with Crippen molar-refractivity contribution >= 4 is 50.7 Å². The molecule has 2 aromatic carbocycles. The molecule has 31 heavy (non-hydrogen) atoms. The first-order valence-corrected chi connectivity index (χ1v) is 10.1. The van der Waals surface area contributed by atoms with E-state index < -0.39 is 17.7 Å². The summed E-state index contributed by atoms with van der Waals surface area (Å²) >= 11 is 3.33. The van der Waals surface area contributed by atoms with E-state index >= 15 is 0 Å². The summed E-state index contributed by atoms with van der Waals surface area (Å²) in [4.78, 5) is 38.7. The second-order valence-electron chi connectivity index (χ2n) is 6.92. The first kappa shape index (κ1) is 20.6. The minimum absolute atomic E-state index is 0.0767. The number of rotatable bonds is 4. The van der Waals surface area contributed by atoms with E-state index in [1.165, 1.54) is 18.1 Å². The average molecular weight is 481 g/mol. The fraction of sp³-hybridized carbons (Fsp3) is 0.0870. The Labute approximate surface area is 186 Å². The van der Waals surface area contributed by atoms with Gasteiger partial charge in [0.15, 0.2) is 0 Å². The highest BCUT2D eigenvalue weighted by Gasteiger charge is 2.48. The molecular formula is C23H17BrN2O5. The summed E-state index contributed by atoms with van der Waals surface area (Å²) in [6, 6.07) is 15.6. The van der Waals surface area contributed by atoms with Crippen LogP contribution in [0.15, 0.2) is 81.4 Å². The Morgan fingerprint density at radius 3 is 2.48 bits per heavy atom. The molecule has 0 spiro atoms. The predicted molar refractivity (Wildman–Crippen MR) is 118 cm³/mol. The third kappa shape index (κ3) is 3.89. The number of nitrogens with zero attached hydrogens (tertiary/aromatic N) is 1. The number of carbonyl (C=O) groups excluding carboxylic acids is 3. The normalized spacial score (nSPS) is 17.7. The molecule has 7 nitrogen and oxygen atoms in total. The molecule has 2 heterocycles. The highest BCUT2D eigenvalue weighted by atomic mass is 79.9. The largest absolute Gasteiger partial charge is 0.507 e. The zero-order valence-corrected chi connectivity index (χ0v) is 17.9.